The largest absolute Gasteiger partial charge is 0.507 e. The van der Waals surface area contributed by atoms with Crippen molar-refractivity contribution in [3.8, 4) is 5.75 Å². The number of aliphatic hydroxyl groups is 1. The Morgan fingerprint density at radius 2 is 1.72 bits per heavy atom. The summed E-state index contributed by atoms with van der Waals surface area (Å²) in [5.41, 5.74) is 1.81. The quantitative estimate of drug-likeness (QED) is 0.300. The molecule has 3 aromatic carbocycles. The minimum absolute atomic E-state index is 0.00230. The molecule has 0 aromatic heterocycles. The molecule has 1 saturated heterocycles. The summed E-state index contributed by atoms with van der Waals surface area (Å²) in [6.45, 7) is 0.166. The fourth-order valence-electron chi connectivity index (χ4n) is 3.79. The molecule has 7 heteroatoms. The highest BCUT2D eigenvalue weighted by molar-refractivity contribution is 6.46. The second kappa shape index (κ2) is 9.07. The average molecular weight is 468 g/mol. The van der Waals surface area contributed by atoms with E-state index in [1.54, 1.807) is 25.3 Å². The summed E-state index contributed by atoms with van der Waals surface area (Å²) in [4.78, 5) is 27.6. The first-order valence-corrected chi connectivity index (χ1v) is 10.6. The lowest BCUT2D eigenvalue weighted by Gasteiger charge is -2.25. The molecule has 1 N–H and O–H groups in total. The van der Waals surface area contributed by atoms with Crippen molar-refractivity contribution >= 4 is 40.7 Å². The molecule has 1 aliphatic heterocycles. The number of ketones is 1. The van der Waals surface area contributed by atoms with Crippen molar-refractivity contribution in [2.24, 2.45) is 0 Å². The molecule has 5 nitrogen and oxygen atoms in total. The maximum Gasteiger partial charge on any atom is 0.295 e. The van der Waals surface area contributed by atoms with Gasteiger partial charge in [-0.2, -0.15) is 0 Å². The minimum atomic E-state index is -0.767. The second-order valence-corrected chi connectivity index (χ2v) is 8.13. The summed E-state index contributed by atoms with van der Waals surface area (Å²) in [7, 11) is 1.56. The van der Waals surface area contributed by atoms with Crippen LogP contribution in [0.3, 0.4) is 0 Å². The Bertz CT molecular complexity index is 1220. The van der Waals surface area contributed by atoms with Gasteiger partial charge in [-0.1, -0.05) is 65.7 Å². The first kappa shape index (κ1) is 21.9. The van der Waals surface area contributed by atoms with Crippen LogP contribution in [-0.4, -0.2) is 28.8 Å². The summed E-state index contributed by atoms with van der Waals surface area (Å²) in [6.07, 6.45) is 0. The number of benzene rings is 3. The van der Waals surface area contributed by atoms with E-state index in [9.17, 15) is 14.7 Å². The number of aliphatic hydroxyl groups excluding tert-OH is 1. The van der Waals surface area contributed by atoms with E-state index in [0.717, 1.165) is 5.56 Å². The van der Waals surface area contributed by atoms with Crippen molar-refractivity contribution in [1.29, 1.82) is 0 Å². The summed E-state index contributed by atoms with van der Waals surface area (Å²) in [5, 5.41) is 11.6. The number of ether oxygens (including phenoxy) is 1. The number of nitrogens with zero attached hydrogens (tertiary/aromatic N) is 1. The topological polar surface area (TPSA) is 66.8 Å². The van der Waals surface area contributed by atoms with Crippen LogP contribution in [0, 0.1) is 0 Å². The molecule has 1 aliphatic rings. The number of carbonyl (C=O) groups excluding carboxylic acids is 2. The van der Waals surface area contributed by atoms with Crippen molar-refractivity contribution in [2.75, 3.05) is 7.11 Å². The number of likely N-dealkylation sites (tertiary alicyclic amines) is 1. The zero-order valence-electron chi connectivity index (χ0n) is 17.1. The molecule has 1 unspecified atom stereocenters. The number of hydrogen-bond donors (Lipinski definition) is 1. The number of hydrogen-bond acceptors (Lipinski definition) is 4. The highest BCUT2D eigenvalue weighted by Crippen LogP contribution is 2.41. The summed E-state index contributed by atoms with van der Waals surface area (Å²) in [6, 6.07) is 20.2. The summed E-state index contributed by atoms with van der Waals surface area (Å²) in [5.74, 6) is -1.11. The number of halogens is 2. The Kier molecular flexibility index (Phi) is 6.21. The molecule has 4 rings (SSSR count). The van der Waals surface area contributed by atoms with Gasteiger partial charge in [0.15, 0.2) is 0 Å². The summed E-state index contributed by atoms with van der Waals surface area (Å²) < 4.78 is 5.27. The average Bonchev–Trinajstić information content (AvgIpc) is 3.06. The third-order valence-corrected chi connectivity index (χ3v) is 6.07. The summed E-state index contributed by atoms with van der Waals surface area (Å²) >= 11 is 12.1. The molecular weight excluding hydrogens is 449 g/mol. The second-order valence-electron chi connectivity index (χ2n) is 7.32. The van der Waals surface area contributed by atoms with Crippen LogP contribution in [0.1, 0.15) is 22.7 Å². The predicted octanol–water partition coefficient (Wildman–Crippen LogP) is 5.62. The van der Waals surface area contributed by atoms with Crippen LogP contribution in [0.2, 0.25) is 10.0 Å². The van der Waals surface area contributed by atoms with Gasteiger partial charge in [0, 0.05) is 12.1 Å². The van der Waals surface area contributed by atoms with Crippen molar-refractivity contribution < 1.29 is 19.4 Å². The van der Waals surface area contributed by atoms with E-state index in [1.807, 2.05) is 42.5 Å². The molecule has 1 heterocycles. The molecule has 0 radical (unpaired) electrons. The van der Waals surface area contributed by atoms with Gasteiger partial charge in [-0.05, 0) is 41.5 Å². The highest BCUT2D eigenvalue weighted by Gasteiger charge is 2.46. The van der Waals surface area contributed by atoms with Crippen molar-refractivity contribution in [2.45, 2.75) is 12.6 Å². The first-order chi connectivity index (χ1) is 15.4. The molecule has 32 heavy (non-hydrogen) atoms. The molecule has 0 bridgehead atoms. The fraction of sp³-hybridized carbons (Fsp3) is 0.120. The van der Waals surface area contributed by atoms with Gasteiger partial charge in [0.25, 0.3) is 11.7 Å². The lowest BCUT2D eigenvalue weighted by Crippen LogP contribution is -2.29. The maximum absolute atomic E-state index is 13.1. The Morgan fingerprint density at radius 1 is 0.969 bits per heavy atom. The predicted molar refractivity (Wildman–Crippen MR) is 124 cm³/mol. The van der Waals surface area contributed by atoms with Crippen LogP contribution in [-0.2, 0) is 16.1 Å². The van der Waals surface area contributed by atoms with E-state index in [2.05, 4.69) is 0 Å². The van der Waals surface area contributed by atoms with E-state index in [0.29, 0.717) is 21.9 Å². The van der Waals surface area contributed by atoms with Gasteiger partial charge in [-0.15, -0.1) is 0 Å². The van der Waals surface area contributed by atoms with E-state index < -0.39 is 17.7 Å². The van der Waals surface area contributed by atoms with E-state index in [4.69, 9.17) is 27.9 Å². The maximum atomic E-state index is 13.1. The molecule has 1 fully saturated rings. The van der Waals surface area contributed by atoms with Crippen LogP contribution < -0.4 is 4.74 Å². The monoisotopic (exact) mass is 467 g/mol. The van der Waals surface area contributed by atoms with Crippen molar-refractivity contribution in [1.82, 2.24) is 4.90 Å². The third kappa shape index (κ3) is 4.09. The van der Waals surface area contributed by atoms with Crippen LogP contribution in [0.5, 0.6) is 5.75 Å². The molecule has 0 aliphatic carbocycles. The molecule has 162 valence electrons. The number of rotatable bonds is 5. The minimum Gasteiger partial charge on any atom is -0.507 e. The Labute approximate surface area is 195 Å². The van der Waals surface area contributed by atoms with Gasteiger partial charge in [0.2, 0.25) is 0 Å². The van der Waals surface area contributed by atoms with Gasteiger partial charge in [-0.3, -0.25) is 9.59 Å². The van der Waals surface area contributed by atoms with Crippen molar-refractivity contribution in [3.05, 3.63) is 105 Å². The molecular formula is C25H19Cl2NO4. The molecule has 0 saturated carbocycles. The first-order valence-electron chi connectivity index (χ1n) is 9.82. The molecule has 0 spiro atoms. The number of amides is 1. The lowest BCUT2D eigenvalue weighted by molar-refractivity contribution is -0.140. The highest BCUT2D eigenvalue weighted by atomic mass is 35.5. The Morgan fingerprint density at radius 3 is 2.41 bits per heavy atom. The lowest BCUT2D eigenvalue weighted by atomic mass is 9.95. The Hall–Kier alpha value is -3.28. The standard InChI is InChI=1S/C25H19Cl2NO4/c1-32-18-9-5-6-15(12-18)14-28-22(16-7-3-2-4-8-16)21(24(30)25(28)31)23(29)17-10-11-19(26)20(27)13-17/h2-13,22,29H,14H2,1H3/b23-21-. The number of methoxy groups -OCH3 is 1. The van der Waals surface area contributed by atoms with E-state index >= 15 is 0 Å². The molecule has 1 atom stereocenters. The van der Waals surface area contributed by atoms with Gasteiger partial charge in [-0.25, -0.2) is 0 Å². The SMILES string of the molecule is COc1cccc(CN2C(=O)C(=O)/C(=C(\O)c3ccc(Cl)c(Cl)c3)C2c2ccccc2)c1. The zero-order valence-corrected chi connectivity index (χ0v) is 18.6. The fourth-order valence-corrected chi connectivity index (χ4v) is 4.09. The van der Waals surface area contributed by atoms with Gasteiger partial charge in [0.1, 0.15) is 11.5 Å². The third-order valence-electron chi connectivity index (χ3n) is 5.34. The van der Waals surface area contributed by atoms with E-state index in [-0.39, 0.29) is 22.9 Å². The normalized spacial score (nSPS) is 17.6. The Balaban J connectivity index is 1.84. The molecule has 1 amide bonds. The van der Waals surface area contributed by atoms with Crippen LogP contribution in [0.4, 0.5) is 0 Å². The number of Topliss-reactive ketones (excluding diaryl/α,β-unsaturated/α-hetero) is 1. The van der Waals surface area contributed by atoms with Gasteiger partial charge in [0.05, 0.1) is 28.8 Å². The zero-order chi connectivity index (χ0) is 22.8. The van der Waals surface area contributed by atoms with Crippen molar-refractivity contribution in [3.63, 3.8) is 0 Å². The van der Waals surface area contributed by atoms with E-state index in [1.165, 1.54) is 17.0 Å². The van der Waals surface area contributed by atoms with Crippen LogP contribution in [0.15, 0.2) is 78.4 Å². The molecule has 3 aromatic rings. The van der Waals surface area contributed by atoms with Gasteiger partial charge < -0.3 is 14.7 Å². The smallest absolute Gasteiger partial charge is 0.295 e. The van der Waals surface area contributed by atoms with Crippen LogP contribution in [0.25, 0.3) is 5.76 Å². The number of carbonyl (C=O) groups is 2. The van der Waals surface area contributed by atoms with Gasteiger partial charge >= 0.3 is 0 Å². The van der Waals surface area contributed by atoms with Crippen LogP contribution >= 0.6 is 23.2 Å².